The second-order valence-corrected chi connectivity index (χ2v) is 9.62. The van der Waals surface area contributed by atoms with Crippen LogP contribution in [0.4, 0.5) is 13.9 Å². The summed E-state index contributed by atoms with van der Waals surface area (Å²) in [6, 6.07) is 3.53. The minimum atomic E-state index is -0.954. The van der Waals surface area contributed by atoms with Gasteiger partial charge >= 0.3 is 0 Å². The van der Waals surface area contributed by atoms with Gasteiger partial charge in [-0.2, -0.15) is 0 Å². The van der Waals surface area contributed by atoms with Gasteiger partial charge in [0.1, 0.15) is 0 Å². The maximum atomic E-state index is 13.4. The van der Waals surface area contributed by atoms with Crippen LogP contribution in [0.15, 0.2) is 38.6 Å². The number of amides is 1. The van der Waals surface area contributed by atoms with Crippen molar-refractivity contribution in [1.82, 2.24) is 20.2 Å². The summed E-state index contributed by atoms with van der Waals surface area (Å²) < 4.78 is 32.1. The Morgan fingerprint density at radius 1 is 1.19 bits per heavy atom. The van der Waals surface area contributed by atoms with E-state index in [1.54, 1.807) is 23.6 Å². The molecule has 7 nitrogen and oxygen atoms in total. The Hall–Kier alpha value is -2.70. The average molecular weight is 480 g/mol. The van der Waals surface area contributed by atoms with Crippen LogP contribution in [0.3, 0.4) is 0 Å². The summed E-state index contributed by atoms with van der Waals surface area (Å²) in [6.07, 6.45) is 0.435. The number of nitrogens with one attached hydrogen (secondary N) is 1. The molecule has 4 aromatic rings. The van der Waals surface area contributed by atoms with Crippen LogP contribution in [0.2, 0.25) is 0 Å². The third-order valence-electron chi connectivity index (χ3n) is 4.04. The van der Waals surface area contributed by atoms with Crippen molar-refractivity contribution in [3.8, 4) is 11.3 Å². The number of thiazole rings is 2. The number of carbonyl (C=O) groups excluding carboxylic acids is 1. The predicted molar refractivity (Wildman–Crippen MR) is 115 cm³/mol. The molecule has 0 saturated heterocycles. The average Bonchev–Trinajstić information content (AvgIpc) is 3.47. The fraction of sp³-hybridized carbons (Fsp3) is 0.211. The lowest BCUT2D eigenvalue weighted by Crippen LogP contribution is -2.22. The molecule has 0 spiro atoms. The topological polar surface area (TPSA) is 93.8 Å². The number of aryl methyl sites for hydroxylation is 1. The molecule has 4 rings (SSSR count). The molecule has 3 heterocycles. The highest BCUT2D eigenvalue weighted by Crippen LogP contribution is 2.28. The van der Waals surface area contributed by atoms with E-state index in [4.69, 9.17) is 4.42 Å². The standard InChI is InChI=1S/C19H15F2N5O2S3/c1-9(31-19-26-25-16(28-19)6-12-7-29-10(2)22-12)17(27)24-18-23-15(8-30-18)11-3-4-13(20)14(21)5-11/h3-5,7-9H,6H2,1-2H3,(H,23,24,27)/t9-/m1/s1. The summed E-state index contributed by atoms with van der Waals surface area (Å²) in [5, 5.41) is 15.3. The van der Waals surface area contributed by atoms with Crippen LogP contribution in [-0.4, -0.2) is 31.3 Å². The zero-order valence-electron chi connectivity index (χ0n) is 16.3. The summed E-state index contributed by atoms with van der Waals surface area (Å²) >= 11 is 3.87. The van der Waals surface area contributed by atoms with Gasteiger partial charge in [0.2, 0.25) is 11.8 Å². The highest BCUT2D eigenvalue weighted by molar-refractivity contribution is 8.00. The van der Waals surface area contributed by atoms with E-state index in [2.05, 4.69) is 25.5 Å². The van der Waals surface area contributed by atoms with E-state index in [1.165, 1.54) is 17.4 Å². The normalized spacial score (nSPS) is 12.1. The first-order valence-electron chi connectivity index (χ1n) is 8.99. The van der Waals surface area contributed by atoms with E-state index in [9.17, 15) is 13.6 Å². The van der Waals surface area contributed by atoms with Crippen molar-refractivity contribution >= 4 is 45.5 Å². The number of nitrogens with zero attached hydrogens (tertiary/aromatic N) is 4. The number of benzene rings is 1. The first-order valence-corrected chi connectivity index (χ1v) is 11.6. The summed E-state index contributed by atoms with van der Waals surface area (Å²) in [6.45, 7) is 3.63. The molecule has 0 radical (unpaired) electrons. The van der Waals surface area contributed by atoms with Gasteiger partial charge in [-0.25, -0.2) is 18.7 Å². The van der Waals surface area contributed by atoms with Crippen molar-refractivity contribution < 1.29 is 18.0 Å². The molecule has 1 N–H and O–H groups in total. The van der Waals surface area contributed by atoms with Crippen LogP contribution in [-0.2, 0) is 11.2 Å². The molecule has 1 atom stereocenters. The van der Waals surface area contributed by atoms with Gasteiger partial charge in [0, 0.05) is 16.3 Å². The molecular weight excluding hydrogens is 464 g/mol. The van der Waals surface area contributed by atoms with Crippen LogP contribution in [0.5, 0.6) is 0 Å². The molecule has 0 unspecified atom stereocenters. The first-order chi connectivity index (χ1) is 14.9. The van der Waals surface area contributed by atoms with Crippen molar-refractivity contribution in [2.45, 2.75) is 30.7 Å². The molecule has 1 amide bonds. The van der Waals surface area contributed by atoms with E-state index in [-0.39, 0.29) is 11.1 Å². The number of aromatic nitrogens is 4. The molecule has 3 aromatic heterocycles. The largest absolute Gasteiger partial charge is 0.416 e. The summed E-state index contributed by atoms with van der Waals surface area (Å²) in [5.74, 6) is -1.75. The molecule has 1 aromatic carbocycles. The molecule has 31 heavy (non-hydrogen) atoms. The van der Waals surface area contributed by atoms with Crippen LogP contribution in [0.1, 0.15) is 23.5 Å². The molecule has 0 fully saturated rings. The number of hydrogen-bond donors (Lipinski definition) is 1. The molecule has 0 aliphatic heterocycles. The first kappa shape index (κ1) is 21.5. The fourth-order valence-corrected chi connectivity index (χ4v) is 4.57. The van der Waals surface area contributed by atoms with Crippen molar-refractivity contribution in [2.75, 3.05) is 5.32 Å². The molecule has 0 aliphatic carbocycles. The van der Waals surface area contributed by atoms with Gasteiger partial charge in [-0.05, 0) is 32.0 Å². The SMILES string of the molecule is Cc1nc(Cc2nnc(S[C@H](C)C(=O)Nc3nc(-c4ccc(F)c(F)c4)cs3)o2)cs1. The van der Waals surface area contributed by atoms with E-state index in [0.717, 1.165) is 34.6 Å². The second kappa shape index (κ2) is 9.20. The van der Waals surface area contributed by atoms with Gasteiger partial charge in [0.25, 0.3) is 5.22 Å². The monoisotopic (exact) mass is 479 g/mol. The van der Waals surface area contributed by atoms with Crippen molar-refractivity contribution in [1.29, 1.82) is 0 Å². The van der Waals surface area contributed by atoms with Gasteiger partial charge in [-0.1, -0.05) is 11.8 Å². The maximum Gasteiger partial charge on any atom is 0.277 e. The summed E-state index contributed by atoms with van der Waals surface area (Å²) in [7, 11) is 0. The molecule has 0 aliphatic rings. The molecule has 12 heteroatoms. The fourth-order valence-electron chi connectivity index (χ4n) is 2.53. The van der Waals surface area contributed by atoms with Crippen LogP contribution in [0.25, 0.3) is 11.3 Å². The number of hydrogen-bond acceptors (Lipinski definition) is 9. The van der Waals surface area contributed by atoms with E-state index in [1.807, 2.05) is 12.3 Å². The molecule has 0 saturated carbocycles. The van der Waals surface area contributed by atoms with Crippen molar-refractivity contribution in [3.05, 3.63) is 57.2 Å². The van der Waals surface area contributed by atoms with Crippen LogP contribution < -0.4 is 5.32 Å². The quantitative estimate of drug-likeness (QED) is 0.375. The number of thioether (sulfide) groups is 1. The number of rotatable bonds is 7. The number of halogens is 2. The Balaban J connectivity index is 1.35. The second-order valence-electron chi connectivity index (χ2n) is 6.41. The van der Waals surface area contributed by atoms with Gasteiger partial charge in [0.05, 0.1) is 28.1 Å². The Morgan fingerprint density at radius 3 is 2.77 bits per heavy atom. The predicted octanol–water partition coefficient (Wildman–Crippen LogP) is 4.95. The highest BCUT2D eigenvalue weighted by Gasteiger charge is 2.20. The zero-order chi connectivity index (χ0) is 22.0. The maximum absolute atomic E-state index is 13.4. The number of anilines is 1. The van der Waals surface area contributed by atoms with Gasteiger partial charge in [-0.15, -0.1) is 32.9 Å². The van der Waals surface area contributed by atoms with Gasteiger partial charge in [0.15, 0.2) is 16.8 Å². The minimum Gasteiger partial charge on any atom is -0.416 e. The van der Waals surface area contributed by atoms with Crippen molar-refractivity contribution in [3.63, 3.8) is 0 Å². The molecule has 160 valence electrons. The smallest absolute Gasteiger partial charge is 0.277 e. The lowest BCUT2D eigenvalue weighted by Gasteiger charge is -2.07. The molecular formula is C19H15F2N5O2S3. The van der Waals surface area contributed by atoms with E-state index in [0.29, 0.717) is 28.7 Å². The van der Waals surface area contributed by atoms with E-state index >= 15 is 0 Å². The molecule has 0 bridgehead atoms. The summed E-state index contributed by atoms with van der Waals surface area (Å²) in [4.78, 5) is 21.1. The van der Waals surface area contributed by atoms with Crippen LogP contribution in [0, 0.1) is 18.6 Å². The Morgan fingerprint density at radius 2 is 2.03 bits per heavy atom. The van der Waals surface area contributed by atoms with Crippen LogP contribution >= 0.6 is 34.4 Å². The third kappa shape index (κ3) is 5.32. The van der Waals surface area contributed by atoms with Gasteiger partial charge in [-0.3, -0.25) is 4.79 Å². The summed E-state index contributed by atoms with van der Waals surface area (Å²) in [5.41, 5.74) is 1.72. The zero-order valence-corrected chi connectivity index (χ0v) is 18.7. The highest BCUT2D eigenvalue weighted by atomic mass is 32.2. The Bertz CT molecular complexity index is 1220. The Labute approximate surface area is 188 Å². The van der Waals surface area contributed by atoms with Gasteiger partial charge < -0.3 is 9.73 Å². The lowest BCUT2D eigenvalue weighted by molar-refractivity contribution is -0.115. The number of carbonyl (C=O) groups is 1. The lowest BCUT2D eigenvalue weighted by atomic mass is 10.2. The third-order valence-corrected chi connectivity index (χ3v) is 6.56. The Kier molecular flexibility index (Phi) is 6.39. The minimum absolute atomic E-state index is 0.284. The van der Waals surface area contributed by atoms with E-state index < -0.39 is 16.9 Å². The van der Waals surface area contributed by atoms with Crippen molar-refractivity contribution in [2.24, 2.45) is 0 Å².